The molecule has 1 heterocycles. The molecule has 15 heavy (non-hydrogen) atoms. The van der Waals surface area contributed by atoms with E-state index in [-0.39, 0.29) is 5.82 Å². The van der Waals surface area contributed by atoms with Gasteiger partial charge in [-0.15, -0.1) is 0 Å². The van der Waals surface area contributed by atoms with Gasteiger partial charge in [-0.2, -0.15) is 0 Å². The molecule has 2 nitrogen and oxygen atoms in total. The Balaban J connectivity index is 2.33. The van der Waals surface area contributed by atoms with Crippen LogP contribution in [0, 0.1) is 5.82 Å². The first-order valence-electron chi connectivity index (χ1n) is 4.47. The van der Waals surface area contributed by atoms with Crippen molar-refractivity contribution in [1.29, 1.82) is 0 Å². The molecule has 0 aliphatic carbocycles. The summed E-state index contributed by atoms with van der Waals surface area (Å²) >= 11 is 0. The van der Waals surface area contributed by atoms with E-state index < -0.39 is 0 Å². The molecule has 0 amide bonds. The predicted octanol–water partition coefficient (Wildman–Crippen LogP) is 2.68. The Labute approximate surface area is 87.1 Å². The molecule has 0 saturated carbocycles. The summed E-state index contributed by atoms with van der Waals surface area (Å²) in [7, 11) is 0. The van der Waals surface area contributed by atoms with Crippen molar-refractivity contribution >= 4 is 5.57 Å². The molecule has 1 aromatic heterocycles. The van der Waals surface area contributed by atoms with Gasteiger partial charge in [-0.05, 0) is 23.3 Å². The zero-order valence-corrected chi connectivity index (χ0v) is 8.02. The third kappa shape index (κ3) is 2.07. The van der Waals surface area contributed by atoms with Gasteiger partial charge in [-0.25, -0.2) is 14.4 Å². The maximum Gasteiger partial charge on any atom is 0.123 e. The molecule has 0 unspecified atom stereocenters. The van der Waals surface area contributed by atoms with E-state index in [1.165, 1.54) is 18.5 Å². The van der Waals surface area contributed by atoms with Crippen LogP contribution >= 0.6 is 0 Å². The standard InChI is InChI=1S/C12H9FN2/c1-9(11-6-14-8-15-7-11)10-2-4-12(13)5-3-10/h2-8H,1H2. The lowest BCUT2D eigenvalue weighted by Gasteiger charge is -2.04. The summed E-state index contributed by atoms with van der Waals surface area (Å²) < 4.78 is 12.7. The second-order valence-corrected chi connectivity index (χ2v) is 3.11. The van der Waals surface area contributed by atoms with Gasteiger partial charge in [0.2, 0.25) is 0 Å². The molecule has 1 aromatic carbocycles. The van der Waals surface area contributed by atoms with E-state index >= 15 is 0 Å². The summed E-state index contributed by atoms with van der Waals surface area (Å²) in [4.78, 5) is 7.81. The molecular weight excluding hydrogens is 191 g/mol. The molecule has 74 valence electrons. The fraction of sp³-hybridized carbons (Fsp3) is 0. The summed E-state index contributed by atoms with van der Waals surface area (Å²) in [6.45, 7) is 3.92. The molecule has 0 bridgehead atoms. The van der Waals surface area contributed by atoms with Crippen molar-refractivity contribution in [2.24, 2.45) is 0 Å². The van der Waals surface area contributed by atoms with Crippen LogP contribution in [-0.2, 0) is 0 Å². The second kappa shape index (κ2) is 4.00. The second-order valence-electron chi connectivity index (χ2n) is 3.11. The van der Waals surface area contributed by atoms with E-state index in [9.17, 15) is 4.39 Å². The Morgan fingerprint density at radius 3 is 2.20 bits per heavy atom. The molecule has 3 heteroatoms. The maximum absolute atomic E-state index is 12.7. The van der Waals surface area contributed by atoms with Crippen LogP contribution in [0.3, 0.4) is 0 Å². The van der Waals surface area contributed by atoms with Gasteiger partial charge in [0.1, 0.15) is 12.1 Å². The van der Waals surface area contributed by atoms with Crippen molar-refractivity contribution < 1.29 is 4.39 Å². The Morgan fingerprint density at radius 2 is 1.60 bits per heavy atom. The zero-order valence-electron chi connectivity index (χ0n) is 8.02. The minimum Gasteiger partial charge on any atom is -0.244 e. The molecule has 2 rings (SSSR count). The van der Waals surface area contributed by atoms with Crippen molar-refractivity contribution in [2.45, 2.75) is 0 Å². The average Bonchev–Trinajstić information content (AvgIpc) is 2.30. The molecule has 2 aromatic rings. The van der Waals surface area contributed by atoms with E-state index in [0.717, 1.165) is 16.7 Å². The van der Waals surface area contributed by atoms with E-state index in [1.807, 2.05) is 0 Å². The van der Waals surface area contributed by atoms with Crippen LogP contribution in [0.25, 0.3) is 5.57 Å². The fourth-order valence-electron chi connectivity index (χ4n) is 1.27. The van der Waals surface area contributed by atoms with Crippen LogP contribution in [0.1, 0.15) is 11.1 Å². The van der Waals surface area contributed by atoms with Gasteiger partial charge in [0.05, 0.1) is 0 Å². The largest absolute Gasteiger partial charge is 0.244 e. The third-order valence-electron chi connectivity index (χ3n) is 2.10. The minimum atomic E-state index is -0.254. The lowest BCUT2D eigenvalue weighted by Crippen LogP contribution is -1.88. The summed E-state index contributed by atoms with van der Waals surface area (Å²) in [5.41, 5.74) is 2.49. The molecular formula is C12H9FN2. The van der Waals surface area contributed by atoms with E-state index in [4.69, 9.17) is 0 Å². The molecule has 0 spiro atoms. The van der Waals surface area contributed by atoms with Crippen LogP contribution in [-0.4, -0.2) is 9.97 Å². The quantitative estimate of drug-likeness (QED) is 0.744. The van der Waals surface area contributed by atoms with Gasteiger partial charge >= 0.3 is 0 Å². The minimum absolute atomic E-state index is 0.254. The number of nitrogens with zero attached hydrogens (tertiary/aromatic N) is 2. The molecule has 0 aliphatic heterocycles. The fourth-order valence-corrected chi connectivity index (χ4v) is 1.27. The number of hydrogen-bond acceptors (Lipinski definition) is 2. The Kier molecular flexibility index (Phi) is 2.54. The van der Waals surface area contributed by atoms with E-state index in [2.05, 4.69) is 16.5 Å². The summed E-state index contributed by atoms with van der Waals surface area (Å²) in [6, 6.07) is 6.18. The Morgan fingerprint density at radius 1 is 1.00 bits per heavy atom. The Bertz CT molecular complexity index is 463. The SMILES string of the molecule is C=C(c1ccc(F)cc1)c1cncnc1. The van der Waals surface area contributed by atoms with Crippen LogP contribution in [0.5, 0.6) is 0 Å². The number of benzene rings is 1. The molecule has 0 aliphatic rings. The predicted molar refractivity (Wildman–Crippen MR) is 56.6 cm³/mol. The zero-order chi connectivity index (χ0) is 10.7. The lowest BCUT2D eigenvalue weighted by atomic mass is 10.0. The smallest absolute Gasteiger partial charge is 0.123 e. The van der Waals surface area contributed by atoms with Crippen LogP contribution in [0.2, 0.25) is 0 Å². The van der Waals surface area contributed by atoms with Crippen LogP contribution in [0.4, 0.5) is 4.39 Å². The topological polar surface area (TPSA) is 25.8 Å². The summed E-state index contributed by atoms with van der Waals surface area (Å²) in [6.07, 6.45) is 4.82. The number of halogens is 1. The highest BCUT2D eigenvalue weighted by molar-refractivity contribution is 5.77. The van der Waals surface area contributed by atoms with Crippen molar-refractivity contribution in [3.63, 3.8) is 0 Å². The normalized spacial score (nSPS) is 9.93. The average molecular weight is 200 g/mol. The highest BCUT2D eigenvalue weighted by Crippen LogP contribution is 2.19. The third-order valence-corrected chi connectivity index (χ3v) is 2.10. The first-order chi connectivity index (χ1) is 7.27. The highest BCUT2D eigenvalue weighted by Gasteiger charge is 2.02. The maximum atomic E-state index is 12.7. The van der Waals surface area contributed by atoms with Crippen molar-refractivity contribution in [3.05, 3.63) is 66.5 Å². The molecule has 0 fully saturated rings. The van der Waals surface area contributed by atoms with E-state index in [1.54, 1.807) is 24.5 Å². The number of rotatable bonds is 2. The van der Waals surface area contributed by atoms with Gasteiger partial charge in [-0.1, -0.05) is 18.7 Å². The van der Waals surface area contributed by atoms with Gasteiger partial charge in [-0.3, -0.25) is 0 Å². The number of aromatic nitrogens is 2. The van der Waals surface area contributed by atoms with Crippen molar-refractivity contribution in [3.8, 4) is 0 Å². The Hall–Kier alpha value is -2.03. The lowest BCUT2D eigenvalue weighted by molar-refractivity contribution is 0.627. The summed E-state index contributed by atoms with van der Waals surface area (Å²) in [5.74, 6) is -0.254. The van der Waals surface area contributed by atoms with Gasteiger partial charge in [0.15, 0.2) is 0 Å². The first-order valence-corrected chi connectivity index (χ1v) is 4.47. The van der Waals surface area contributed by atoms with Crippen molar-refractivity contribution in [1.82, 2.24) is 9.97 Å². The van der Waals surface area contributed by atoms with Crippen LogP contribution in [0.15, 0.2) is 49.6 Å². The molecule has 0 saturated heterocycles. The summed E-state index contributed by atoms with van der Waals surface area (Å²) in [5, 5.41) is 0. The van der Waals surface area contributed by atoms with Gasteiger partial charge in [0.25, 0.3) is 0 Å². The van der Waals surface area contributed by atoms with E-state index in [0.29, 0.717) is 0 Å². The molecule has 0 radical (unpaired) electrons. The first kappa shape index (κ1) is 9.52. The highest BCUT2D eigenvalue weighted by atomic mass is 19.1. The van der Waals surface area contributed by atoms with Gasteiger partial charge < -0.3 is 0 Å². The molecule has 0 N–H and O–H groups in total. The van der Waals surface area contributed by atoms with Crippen LogP contribution < -0.4 is 0 Å². The monoisotopic (exact) mass is 200 g/mol. The molecule has 0 atom stereocenters. The van der Waals surface area contributed by atoms with Crippen molar-refractivity contribution in [2.75, 3.05) is 0 Å². The van der Waals surface area contributed by atoms with Gasteiger partial charge in [0, 0.05) is 18.0 Å². The number of hydrogen-bond donors (Lipinski definition) is 0.